The van der Waals surface area contributed by atoms with Gasteiger partial charge in [0.25, 0.3) is 10.0 Å². The molecule has 0 radical (unpaired) electrons. The van der Waals surface area contributed by atoms with Gasteiger partial charge in [0.05, 0.1) is 22.5 Å². The third-order valence-electron chi connectivity index (χ3n) is 6.09. The molecule has 0 aliphatic heterocycles. The Kier molecular flexibility index (Phi) is 5.36. The average Bonchev–Trinajstić information content (AvgIpc) is 3.16. The number of phenolic OH excluding ortho intramolecular Hbond substituents is 1. The summed E-state index contributed by atoms with van der Waals surface area (Å²) in [7, 11) is -2.55. The summed E-state index contributed by atoms with van der Waals surface area (Å²) in [6.45, 7) is 2.05. The van der Waals surface area contributed by atoms with Crippen molar-refractivity contribution in [1.29, 1.82) is 0 Å². The number of rotatable bonds is 5. The van der Waals surface area contributed by atoms with Crippen LogP contribution >= 0.6 is 0 Å². The Morgan fingerprint density at radius 3 is 2.37 bits per heavy atom. The molecule has 0 aliphatic rings. The van der Waals surface area contributed by atoms with Crippen LogP contribution < -0.4 is 4.31 Å². The van der Waals surface area contributed by atoms with Crippen molar-refractivity contribution in [2.75, 3.05) is 11.4 Å². The SMILES string of the molecule is Cc1ccc(S(=O)(=O)N(C)c2c3cccnc3c(O)c3c(O)n(Cc4ccc(F)cc4)cc23)cc1. The highest BCUT2D eigenvalue weighted by Crippen LogP contribution is 2.47. The van der Waals surface area contributed by atoms with E-state index in [1.54, 1.807) is 42.6 Å². The van der Waals surface area contributed by atoms with Crippen LogP contribution in [0.15, 0.2) is 78.0 Å². The summed E-state index contributed by atoms with van der Waals surface area (Å²) in [6, 6.07) is 15.7. The van der Waals surface area contributed by atoms with Crippen molar-refractivity contribution in [3.63, 3.8) is 0 Å². The molecule has 3 aromatic carbocycles. The average molecular weight is 492 g/mol. The van der Waals surface area contributed by atoms with Gasteiger partial charge in [-0.2, -0.15) is 0 Å². The van der Waals surface area contributed by atoms with E-state index in [9.17, 15) is 23.0 Å². The minimum absolute atomic E-state index is 0.0827. The largest absolute Gasteiger partial charge is 0.505 e. The number of nitrogens with zero attached hydrogens (tertiary/aromatic N) is 3. The maximum atomic E-state index is 13.6. The highest BCUT2D eigenvalue weighted by atomic mass is 32.2. The molecule has 2 aromatic heterocycles. The maximum absolute atomic E-state index is 13.6. The molecule has 5 aromatic rings. The number of aryl methyl sites for hydroxylation is 1. The van der Waals surface area contributed by atoms with Gasteiger partial charge in [-0.1, -0.05) is 29.8 Å². The monoisotopic (exact) mass is 491 g/mol. The van der Waals surface area contributed by atoms with Crippen LogP contribution in [0.5, 0.6) is 11.6 Å². The molecule has 178 valence electrons. The predicted octanol–water partition coefficient (Wildman–Crippen LogP) is 4.92. The first-order chi connectivity index (χ1) is 16.7. The molecule has 5 rings (SSSR count). The van der Waals surface area contributed by atoms with Crippen molar-refractivity contribution >= 4 is 37.4 Å². The van der Waals surface area contributed by atoms with Crippen molar-refractivity contribution in [2.24, 2.45) is 0 Å². The summed E-state index contributed by atoms with van der Waals surface area (Å²) in [5.41, 5.74) is 2.08. The van der Waals surface area contributed by atoms with Crippen molar-refractivity contribution < 1.29 is 23.0 Å². The summed E-state index contributed by atoms with van der Waals surface area (Å²) in [5, 5.41) is 22.9. The zero-order valence-electron chi connectivity index (χ0n) is 19.0. The fourth-order valence-corrected chi connectivity index (χ4v) is 5.48. The standard InChI is InChI=1S/C26H22FN3O4S/c1-16-5-11-19(12-6-16)35(33,34)29(2)24-20-4-3-13-28-23(20)25(31)22-21(24)15-30(26(22)32)14-17-7-9-18(27)10-8-17/h3-13,15,31-32H,14H2,1-2H3. The highest BCUT2D eigenvalue weighted by Gasteiger charge is 2.29. The van der Waals surface area contributed by atoms with E-state index in [2.05, 4.69) is 4.98 Å². The lowest BCUT2D eigenvalue weighted by Crippen LogP contribution is -2.27. The number of fused-ring (bicyclic) bond motifs is 2. The summed E-state index contributed by atoms with van der Waals surface area (Å²) in [5.74, 6) is -0.886. The lowest BCUT2D eigenvalue weighted by Gasteiger charge is -2.22. The van der Waals surface area contributed by atoms with Crippen LogP contribution in [-0.4, -0.2) is 35.2 Å². The number of sulfonamides is 1. The lowest BCUT2D eigenvalue weighted by atomic mass is 10.1. The Bertz CT molecular complexity index is 1680. The van der Waals surface area contributed by atoms with Crippen LogP contribution in [-0.2, 0) is 16.6 Å². The predicted molar refractivity (Wildman–Crippen MR) is 133 cm³/mol. The lowest BCUT2D eigenvalue weighted by molar-refractivity contribution is 0.425. The first-order valence-corrected chi connectivity index (χ1v) is 12.2. The van der Waals surface area contributed by atoms with Gasteiger partial charge in [0.15, 0.2) is 5.75 Å². The number of aromatic hydroxyl groups is 2. The van der Waals surface area contributed by atoms with Gasteiger partial charge in [-0.05, 0) is 48.9 Å². The van der Waals surface area contributed by atoms with Crippen LogP contribution in [0, 0.1) is 12.7 Å². The molecular formula is C26H22FN3O4S. The number of phenols is 1. The van der Waals surface area contributed by atoms with Crippen LogP contribution in [0.1, 0.15) is 11.1 Å². The second-order valence-electron chi connectivity index (χ2n) is 8.38. The maximum Gasteiger partial charge on any atom is 0.264 e. The third-order valence-corrected chi connectivity index (χ3v) is 7.86. The van der Waals surface area contributed by atoms with E-state index in [0.717, 1.165) is 9.87 Å². The molecule has 0 bridgehead atoms. The molecular weight excluding hydrogens is 469 g/mol. The van der Waals surface area contributed by atoms with Crippen molar-refractivity contribution in [3.05, 3.63) is 90.0 Å². The van der Waals surface area contributed by atoms with Crippen molar-refractivity contribution in [3.8, 4) is 11.6 Å². The minimum Gasteiger partial charge on any atom is -0.505 e. The Balaban J connectivity index is 1.76. The van der Waals surface area contributed by atoms with Crippen LogP contribution in [0.2, 0.25) is 0 Å². The number of aromatic nitrogens is 2. The zero-order chi connectivity index (χ0) is 24.9. The smallest absolute Gasteiger partial charge is 0.264 e. The number of halogens is 1. The van der Waals surface area contributed by atoms with E-state index in [-0.39, 0.29) is 45.5 Å². The van der Waals surface area contributed by atoms with Gasteiger partial charge in [0.2, 0.25) is 5.88 Å². The number of anilines is 1. The second kappa shape index (κ2) is 8.28. The summed E-state index contributed by atoms with van der Waals surface area (Å²) in [6.07, 6.45) is 3.06. The topological polar surface area (TPSA) is 95.7 Å². The molecule has 0 spiro atoms. The molecule has 7 nitrogen and oxygen atoms in total. The molecule has 9 heteroatoms. The molecule has 0 saturated carbocycles. The Labute approximate surface area is 201 Å². The molecule has 0 atom stereocenters. The van der Waals surface area contributed by atoms with Gasteiger partial charge in [0, 0.05) is 30.2 Å². The fraction of sp³-hybridized carbons (Fsp3) is 0.115. The first-order valence-electron chi connectivity index (χ1n) is 10.8. The van der Waals surface area contributed by atoms with E-state index in [0.29, 0.717) is 16.3 Å². The molecule has 35 heavy (non-hydrogen) atoms. The van der Waals surface area contributed by atoms with Crippen LogP contribution in [0.4, 0.5) is 10.1 Å². The first kappa shape index (κ1) is 22.7. The van der Waals surface area contributed by atoms with Crippen molar-refractivity contribution in [1.82, 2.24) is 9.55 Å². The molecule has 2 heterocycles. The van der Waals surface area contributed by atoms with Crippen LogP contribution in [0.25, 0.3) is 21.7 Å². The van der Waals surface area contributed by atoms with E-state index >= 15 is 0 Å². The van der Waals surface area contributed by atoms with Gasteiger partial charge in [-0.15, -0.1) is 0 Å². The summed E-state index contributed by atoms with van der Waals surface area (Å²) < 4.78 is 43.1. The Morgan fingerprint density at radius 2 is 1.69 bits per heavy atom. The van der Waals surface area contributed by atoms with E-state index in [4.69, 9.17) is 0 Å². The van der Waals surface area contributed by atoms with Gasteiger partial charge in [0.1, 0.15) is 11.3 Å². The van der Waals surface area contributed by atoms with E-state index in [1.807, 2.05) is 6.92 Å². The summed E-state index contributed by atoms with van der Waals surface area (Å²) in [4.78, 5) is 4.36. The third kappa shape index (κ3) is 3.74. The molecule has 2 N–H and O–H groups in total. The van der Waals surface area contributed by atoms with Gasteiger partial charge >= 0.3 is 0 Å². The molecule has 0 aliphatic carbocycles. The van der Waals surface area contributed by atoms with Crippen molar-refractivity contribution in [2.45, 2.75) is 18.4 Å². The summed E-state index contributed by atoms with van der Waals surface area (Å²) >= 11 is 0. The number of pyridine rings is 1. The number of hydrogen-bond acceptors (Lipinski definition) is 5. The van der Waals surface area contributed by atoms with E-state index in [1.165, 1.54) is 42.1 Å². The second-order valence-corrected chi connectivity index (χ2v) is 10.3. The number of benzene rings is 3. The Hall–Kier alpha value is -4.11. The fourth-order valence-electron chi connectivity index (χ4n) is 4.24. The number of hydrogen-bond donors (Lipinski definition) is 2. The molecule has 0 amide bonds. The molecule has 0 unspecified atom stereocenters. The molecule has 0 saturated heterocycles. The van der Waals surface area contributed by atoms with Gasteiger partial charge < -0.3 is 14.8 Å². The highest BCUT2D eigenvalue weighted by molar-refractivity contribution is 7.92. The normalized spacial score (nSPS) is 11.9. The van der Waals surface area contributed by atoms with Gasteiger partial charge in [-0.25, -0.2) is 12.8 Å². The van der Waals surface area contributed by atoms with Gasteiger partial charge in [-0.3, -0.25) is 9.29 Å². The van der Waals surface area contributed by atoms with Crippen LogP contribution in [0.3, 0.4) is 0 Å². The van der Waals surface area contributed by atoms with E-state index < -0.39 is 10.0 Å². The molecule has 0 fully saturated rings. The zero-order valence-corrected chi connectivity index (χ0v) is 19.8. The quantitative estimate of drug-likeness (QED) is 0.364. The Morgan fingerprint density at radius 1 is 1.00 bits per heavy atom. The minimum atomic E-state index is -3.98.